The molecule has 4 rings (SSSR count). The average Bonchev–Trinajstić information content (AvgIpc) is 2.71. The minimum atomic E-state index is -0.156. The number of hydrogen-bond acceptors (Lipinski definition) is 3. The standard InChI is InChI=1S/C22H24N4O2/c1-25-11-12-26(15-19(25)13-16-5-3-2-4-6-16)22(28)24-18-8-7-17-9-10-23-21(27)20(17)14-18/h2-10,14,19H,11-13,15H2,1H3,(H,23,27)(H,24,28). The summed E-state index contributed by atoms with van der Waals surface area (Å²) in [4.78, 5) is 31.6. The molecule has 1 atom stereocenters. The number of carbonyl (C=O) groups is 1. The van der Waals surface area contributed by atoms with Gasteiger partial charge in [0, 0.05) is 42.9 Å². The van der Waals surface area contributed by atoms with E-state index in [1.54, 1.807) is 12.3 Å². The molecule has 3 aromatic rings. The van der Waals surface area contributed by atoms with Gasteiger partial charge >= 0.3 is 6.03 Å². The zero-order valence-corrected chi connectivity index (χ0v) is 15.9. The van der Waals surface area contributed by atoms with Gasteiger partial charge in [-0.05, 0) is 42.6 Å². The summed E-state index contributed by atoms with van der Waals surface area (Å²) in [6.07, 6.45) is 2.53. The number of nitrogens with zero attached hydrogens (tertiary/aromatic N) is 2. The lowest BCUT2D eigenvalue weighted by molar-refractivity contribution is 0.116. The molecular weight excluding hydrogens is 352 g/mol. The average molecular weight is 376 g/mol. The van der Waals surface area contributed by atoms with Gasteiger partial charge in [-0.15, -0.1) is 0 Å². The summed E-state index contributed by atoms with van der Waals surface area (Å²) in [7, 11) is 2.11. The SMILES string of the molecule is CN1CCN(C(=O)Nc2ccc3cc[nH]c(=O)c3c2)CC1Cc1ccccc1. The molecule has 28 heavy (non-hydrogen) atoms. The van der Waals surface area contributed by atoms with Crippen molar-refractivity contribution in [2.45, 2.75) is 12.5 Å². The number of aromatic nitrogens is 1. The molecule has 2 N–H and O–H groups in total. The normalized spacial score (nSPS) is 17.6. The maximum atomic E-state index is 12.8. The number of anilines is 1. The van der Waals surface area contributed by atoms with Crippen molar-refractivity contribution in [1.82, 2.24) is 14.8 Å². The highest BCUT2D eigenvalue weighted by Crippen LogP contribution is 2.18. The van der Waals surface area contributed by atoms with E-state index in [-0.39, 0.29) is 17.6 Å². The van der Waals surface area contributed by atoms with E-state index in [2.05, 4.69) is 34.4 Å². The molecule has 0 radical (unpaired) electrons. The van der Waals surface area contributed by atoms with Gasteiger partial charge in [-0.25, -0.2) is 4.79 Å². The van der Waals surface area contributed by atoms with Crippen LogP contribution in [-0.2, 0) is 6.42 Å². The molecule has 0 saturated carbocycles. The topological polar surface area (TPSA) is 68.4 Å². The smallest absolute Gasteiger partial charge is 0.321 e. The number of hydrogen-bond donors (Lipinski definition) is 2. The first-order valence-corrected chi connectivity index (χ1v) is 9.52. The third kappa shape index (κ3) is 3.92. The van der Waals surface area contributed by atoms with Crippen LogP contribution in [0.1, 0.15) is 5.56 Å². The first-order valence-electron chi connectivity index (χ1n) is 9.52. The van der Waals surface area contributed by atoms with Crippen molar-refractivity contribution in [3.63, 3.8) is 0 Å². The number of aromatic amines is 1. The Morgan fingerprint density at radius 1 is 1.14 bits per heavy atom. The number of amides is 2. The maximum absolute atomic E-state index is 12.8. The molecule has 0 aliphatic carbocycles. The summed E-state index contributed by atoms with van der Waals surface area (Å²) >= 11 is 0. The van der Waals surface area contributed by atoms with Crippen LogP contribution in [0, 0.1) is 0 Å². The third-order valence-electron chi connectivity index (χ3n) is 5.40. The molecule has 2 amide bonds. The van der Waals surface area contributed by atoms with Crippen molar-refractivity contribution in [1.29, 1.82) is 0 Å². The van der Waals surface area contributed by atoms with Gasteiger partial charge in [0.25, 0.3) is 5.56 Å². The zero-order chi connectivity index (χ0) is 19.5. The van der Waals surface area contributed by atoms with Crippen LogP contribution in [0.3, 0.4) is 0 Å². The predicted molar refractivity (Wildman–Crippen MR) is 112 cm³/mol. The number of likely N-dealkylation sites (N-methyl/N-ethyl adjacent to an activating group) is 1. The molecule has 144 valence electrons. The number of rotatable bonds is 3. The van der Waals surface area contributed by atoms with Crippen LogP contribution in [-0.4, -0.2) is 53.5 Å². The lowest BCUT2D eigenvalue weighted by Crippen LogP contribution is -2.54. The highest BCUT2D eigenvalue weighted by Gasteiger charge is 2.27. The Balaban J connectivity index is 1.45. The van der Waals surface area contributed by atoms with Gasteiger partial charge in [0.2, 0.25) is 0 Å². The molecular formula is C22H24N4O2. The molecule has 2 heterocycles. The Labute approximate surface area is 163 Å². The summed E-state index contributed by atoms with van der Waals surface area (Å²) < 4.78 is 0. The number of H-pyrrole nitrogens is 1. The van der Waals surface area contributed by atoms with Crippen molar-refractivity contribution < 1.29 is 4.79 Å². The second-order valence-corrected chi connectivity index (χ2v) is 7.31. The molecule has 6 nitrogen and oxygen atoms in total. The number of fused-ring (bicyclic) bond motifs is 1. The van der Waals surface area contributed by atoms with Crippen LogP contribution in [0.15, 0.2) is 65.6 Å². The Bertz CT molecular complexity index is 1030. The highest BCUT2D eigenvalue weighted by atomic mass is 16.2. The molecule has 1 aromatic heterocycles. The van der Waals surface area contributed by atoms with Crippen LogP contribution in [0.4, 0.5) is 10.5 Å². The summed E-state index contributed by atoms with van der Waals surface area (Å²) in [6.45, 7) is 2.19. The van der Waals surface area contributed by atoms with E-state index in [4.69, 9.17) is 0 Å². The number of pyridine rings is 1. The van der Waals surface area contributed by atoms with Gasteiger partial charge in [-0.3, -0.25) is 9.69 Å². The Morgan fingerprint density at radius 2 is 1.96 bits per heavy atom. The summed E-state index contributed by atoms with van der Waals surface area (Å²) in [5, 5.41) is 4.37. The van der Waals surface area contributed by atoms with Crippen LogP contribution in [0.25, 0.3) is 10.8 Å². The Kier molecular flexibility index (Phi) is 5.12. The van der Waals surface area contributed by atoms with Crippen molar-refractivity contribution in [3.8, 4) is 0 Å². The number of urea groups is 1. The van der Waals surface area contributed by atoms with E-state index < -0.39 is 0 Å². The van der Waals surface area contributed by atoms with Crippen molar-refractivity contribution in [3.05, 3.63) is 76.7 Å². The van der Waals surface area contributed by atoms with Crippen molar-refractivity contribution in [2.24, 2.45) is 0 Å². The third-order valence-corrected chi connectivity index (χ3v) is 5.40. The number of benzene rings is 2. The summed E-state index contributed by atoms with van der Waals surface area (Å²) in [5.74, 6) is 0. The van der Waals surface area contributed by atoms with Gasteiger partial charge in [-0.1, -0.05) is 36.4 Å². The molecule has 0 bridgehead atoms. The largest absolute Gasteiger partial charge is 0.329 e. The van der Waals surface area contributed by atoms with Crippen molar-refractivity contribution >= 4 is 22.5 Å². The molecule has 1 aliphatic heterocycles. The Hall–Kier alpha value is -3.12. The highest BCUT2D eigenvalue weighted by molar-refractivity contribution is 5.93. The van der Waals surface area contributed by atoms with Gasteiger partial charge in [0.15, 0.2) is 0 Å². The van der Waals surface area contributed by atoms with Gasteiger partial charge < -0.3 is 15.2 Å². The van der Waals surface area contributed by atoms with Crippen LogP contribution < -0.4 is 10.9 Å². The monoisotopic (exact) mass is 376 g/mol. The lowest BCUT2D eigenvalue weighted by Gasteiger charge is -2.39. The van der Waals surface area contributed by atoms with Crippen molar-refractivity contribution in [2.75, 3.05) is 32.0 Å². The fourth-order valence-corrected chi connectivity index (χ4v) is 3.70. The number of piperazine rings is 1. The molecule has 1 unspecified atom stereocenters. The number of carbonyl (C=O) groups excluding carboxylic acids is 1. The molecule has 1 fully saturated rings. The first kappa shape index (κ1) is 18.3. The quantitative estimate of drug-likeness (QED) is 0.739. The minimum Gasteiger partial charge on any atom is -0.329 e. The molecule has 6 heteroatoms. The fourth-order valence-electron chi connectivity index (χ4n) is 3.70. The van der Waals surface area contributed by atoms with Crippen LogP contribution in [0.5, 0.6) is 0 Å². The lowest BCUT2D eigenvalue weighted by atomic mass is 10.0. The molecule has 2 aromatic carbocycles. The second kappa shape index (κ2) is 7.86. The zero-order valence-electron chi connectivity index (χ0n) is 15.9. The summed E-state index contributed by atoms with van der Waals surface area (Å²) in [5.41, 5.74) is 1.75. The minimum absolute atomic E-state index is 0.127. The van der Waals surface area contributed by atoms with E-state index in [9.17, 15) is 9.59 Å². The number of nitrogens with one attached hydrogen (secondary N) is 2. The fraction of sp³-hybridized carbons (Fsp3) is 0.273. The van der Waals surface area contributed by atoms with E-state index in [1.165, 1.54) is 5.56 Å². The second-order valence-electron chi connectivity index (χ2n) is 7.31. The van der Waals surface area contributed by atoms with Crippen LogP contribution >= 0.6 is 0 Å². The van der Waals surface area contributed by atoms with E-state index in [0.29, 0.717) is 24.2 Å². The van der Waals surface area contributed by atoms with E-state index in [1.807, 2.05) is 41.3 Å². The first-order chi connectivity index (χ1) is 13.6. The maximum Gasteiger partial charge on any atom is 0.321 e. The van der Waals surface area contributed by atoms with Gasteiger partial charge in [0.05, 0.1) is 0 Å². The van der Waals surface area contributed by atoms with Crippen LogP contribution in [0.2, 0.25) is 0 Å². The van der Waals surface area contributed by atoms with Gasteiger partial charge in [0.1, 0.15) is 0 Å². The predicted octanol–water partition coefficient (Wildman–Crippen LogP) is 2.92. The summed E-state index contributed by atoms with van der Waals surface area (Å²) in [6, 6.07) is 17.8. The molecule has 1 aliphatic rings. The Morgan fingerprint density at radius 3 is 2.79 bits per heavy atom. The van der Waals surface area contributed by atoms with Gasteiger partial charge in [-0.2, -0.15) is 0 Å². The molecule has 1 saturated heterocycles. The van der Waals surface area contributed by atoms with E-state index in [0.717, 1.165) is 18.4 Å². The van der Waals surface area contributed by atoms with E-state index >= 15 is 0 Å². The molecule has 0 spiro atoms.